The average Bonchev–Trinajstić information content (AvgIpc) is 2.55. The van der Waals surface area contributed by atoms with Crippen LogP contribution < -0.4 is 0 Å². The molecule has 4 heteroatoms. The fraction of sp³-hybridized carbons (Fsp3) is 0.833. The van der Waals surface area contributed by atoms with Crippen molar-refractivity contribution in [3.63, 3.8) is 0 Å². The minimum atomic E-state index is -0.413. The van der Waals surface area contributed by atoms with Gasteiger partial charge in [0.1, 0.15) is 5.78 Å². The van der Waals surface area contributed by atoms with E-state index in [2.05, 4.69) is 6.92 Å². The second-order valence-corrected chi connectivity index (χ2v) is 4.65. The summed E-state index contributed by atoms with van der Waals surface area (Å²) in [6.07, 6.45) is 2.75. The largest absolute Gasteiger partial charge is 0.396 e. The van der Waals surface area contributed by atoms with E-state index >= 15 is 0 Å². The Morgan fingerprint density at radius 2 is 2.31 bits per heavy atom. The van der Waals surface area contributed by atoms with Crippen LogP contribution in [0.1, 0.15) is 33.1 Å². The van der Waals surface area contributed by atoms with Gasteiger partial charge in [-0.2, -0.15) is 0 Å². The fourth-order valence-corrected chi connectivity index (χ4v) is 2.21. The van der Waals surface area contributed by atoms with Gasteiger partial charge >= 0.3 is 0 Å². The summed E-state index contributed by atoms with van der Waals surface area (Å²) in [6.45, 7) is 4.53. The van der Waals surface area contributed by atoms with E-state index in [1.807, 2.05) is 0 Å². The highest BCUT2D eigenvalue weighted by atomic mass is 16.3. The number of aliphatic hydroxyl groups excluding tert-OH is 1. The highest BCUT2D eigenvalue weighted by molar-refractivity contribution is 5.81. The lowest BCUT2D eigenvalue weighted by Crippen LogP contribution is -2.35. The number of hydrogen-bond donors (Lipinski definition) is 1. The van der Waals surface area contributed by atoms with E-state index in [9.17, 15) is 9.59 Å². The number of rotatable bonds is 6. The number of Topliss-reactive ketones (excluding diaryl/α,β-unsaturated/α-hetero) is 1. The summed E-state index contributed by atoms with van der Waals surface area (Å²) in [5.41, 5.74) is 0. The molecule has 1 fully saturated rings. The molecule has 16 heavy (non-hydrogen) atoms. The Bertz CT molecular complexity index is 265. The van der Waals surface area contributed by atoms with Crippen LogP contribution in [-0.2, 0) is 9.59 Å². The fourth-order valence-electron chi connectivity index (χ4n) is 2.21. The monoisotopic (exact) mass is 227 g/mol. The summed E-state index contributed by atoms with van der Waals surface area (Å²) in [5, 5.41) is 9.05. The van der Waals surface area contributed by atoms with E-state index in [1.54, 1.807) is 4.90 Å². The van der Waals surface area contributed by atoms with Gasteiger partial charge in [-0.25, -0.2) is 0 Å². The lowest BCUT2D eigenvalue weighted by molar-refractivity contribution is -0.130. The van der Waals surface area contributed by atoms with Crippen LogP contribution in [-0.4, -0.2) is 41.4 Å². The minimum absolute atomic E-state index is 0.0470. The molecule has 0 spiro atoms. The molecule has 2 unspecified atom stereocenters. The van der Waals surface area contributed by atoms with Gasteiger partial charge in [0, 0.05) is 19.5 Å². The Hall–Kier alpha value is -0.900. The lowest BCUT2D eigenvalue weighted by atomic mass is 10.0. The molecule has 1 amide bonds. The zero-order valence-corrected chi connectivity index (χ0v) is 10.1. The highest BCUT2D eigenvalue weighted by Gasteiger charge is 2.31. The molecule has 0 saturated carbocycles. The van der Waals surface area contributed by atoms with E-state index in [0.29, 0.717) is 18.9 Å². The standard InChI is InChI=1S/C12H21NO3/c1-3-4-10-5-12(16)13(6-10)7-11(8-14)9(2)15/h10-11,14H,3-8H2,1-2H3. The Kier molecular flexibility index (Phi) is 4.93. The Labute approximate surface area is 96.6 Å². The van der Waals surface area contributed by atoms with Crippen molar-refractivity contribution in [2.45, 2.75) is 33.1 Å². The van der Waals surface area contributed by atoms with Gasteiger partial charge in [-0.3, -0.25) is 9.59 Å². The van der Waals surface area contributed by atoms with Crippen molar-refractivity contribution in [1.29, 1.82) is 0 Å². The second-order valence-electron chi connectivity index (χ2n) is 4.65. The summed E-state index contributed by atoms with van der Waals surface area (Å²) < 4.78 is 0. The molecule has 1 saturated heterocycles. The molecule has 0 aromatic carbocycles. The van der Waals surface area contributed by atoms with Crippen molar-refractivity contribution in [2.75, 3.05) is 19.7 Å². The molecule has 1 heterocycles. The van der Waals surface area contributed by atoms with Crippen molar-refractivity contribution in [2.24, 2.45) is 11.8 Å². The maximum atomic E-state index is 11.7. The number of aliphatic hydroxyl groups is 1. The topological polar surface area (TPSA) is 57.6 Å². The van der Waals surface area contributed by atoms with Crippen LogP contribution in [0.3, 0.4) is 0 Å². The van der Waals surface area contributed by atoms with Crippen molar-refractivity contribution in [3.05, 3.63) is 0 Å². The maximum absolute atomic E-state index is 11.7. The predicted octanol–water partition coefficient (Wildman–Crippen LogP) is 0.833. The molecule has 0 bridgehead atoms. The third kappa shape index (κ3) is 3.30. The first-order valence-electron chi connectivity index (χ1n) is 5.97. The van der Waals surface area contributed by atoms with Crippen LogP contribution in [0.2, 0.25) is 0 Å². The first-order valence-corrected chi connectivity index (χ1v) is 5.97. The van der Waals surface area contributed by atoms with Crippen LogP contribution in [0.5, 0.6) is 0 Å². The van der Waals surface area contributed by atoms with Crippen molar-refractivity contribution in [3.8, 4) is 0 Å². The molecule has 0 aromatic heterocycles. The predicted molar refractivity (Wildman–Crippen MR) is 60.9 cm³/mol. The SMILES string of the molecule is CCCC1CC(=O)N(CC(CO)C(C)=O)C1. The molecule has 2 atom stereocenters. The van der Waals surface area contributed by atoms with Gasteiger partial charge < -0.3 is 10.0 Å². The second kappa shape index (κ2) is 5.99. The van der Waals surface area contributed by atoms with Crippen molar-refractivity contribution < 1.29 is 14.7 Å². The number of carbonyl (C=O) groups is 2. The number of nitrogens with zero attached hydrogens (tertiary/aromatic N) is 1. The number of likely N-dealkylation sites (tertiary alicyclic amines) is 1. The highest BCUT2D eigenvalue weighted by Crippen LogP contribution is 2.22. The molecule has 1 N–H and O–H groups in total. The quantitative estimate of drug-likeness (QED) is 0.731. The smallest absolute Gasteiger partial charge is 0.222 e. The summed E-state index contributed by atoms with van der Waals surface area (Å²) in [6, 6.07) is 0. The van der Waals surface area contributed by atoms with Crippen molar-refractivity contribution in [1.82, 2.24) is 4.90 Å². The van der Waals surface area contributed by atoms with Crippen LogP contribution in [0, 0.1) is 11.8 Å². The Balaban J connectivity index is 2.48. The molecular weight excluding hydrogens is 206 g/mol. The number of ketones is 1. The van der Waals surface area contributed by atoms with E-state index in [4.69, 9.17) is 5.11 Å². The normalized spacial score (nSPS) is 22.6. The molecule has 0 aromatic rings. The summed E-state index contributed by atoms with van der Waals surface area (Å²) >= 11 is 0. The van der Waals surface area contributed by atoms with Crippen molar-refractivity contribution >= 4 is 11.7 Å². The summed E-state index contributed by atoms with van der Waals surface area (Å²) in [5.74, 6) is 0.0977. The summed E-state index contributed by atoms with van der Waals surface area (Å²) in [7, 11) is 0. The van der Waals surface area contributed by atoms with Gasteiger partial charge in [0.05, 0.1) is 12.5 Å². The van der Waals surface area contributed by atoms with Gasteiger partial charge in [0.15, 0.2) is 0 Å². The lowest BCUT2D eigenvalue weighted by Gasteiger charge is -2.21. The van der Waals surface area contributed by atoms with Gasteiger partial charge in [-0.1, -0.05) is 13.3 Å². The van der Waals surface area contributed by atoms with Crippen LogP contribution in [0.15, 0.2) is 0 Å². The first kappa shape index (κ1) is 13.2. The summed E-state index contributed by atoms with van der Waals surface area (Å²) in [4.78, 5) is 24.6. The van der Waals surface area contributed by atoms with Gasteiger partial charge in [0.25, 0.3) is 0 Å². The molecule has 1 rings (SSSR count). The molecule has 92 valence electrons. The molecule has 1 aliphatic rings. The van der Waals surface area contributed by atoms with E-state index in [1.165, 1.54) is 6.92 Å². The minimum Gasteiger partial charge on any atom is -0.396 e. The van der Waals surface area contributed by atoms with Gasteiger partial charge in [-0.15, -0.1) is 0 Å². The number of hydrogen-bond acceptors (Lipinski definition) is 3. The van der Waals surface area contributed by atoms with E-state index in [-0.39, 0.29) is 18.3 Å². The third-order valence-corrected chi connectivity index (χ3v) is 3.23. The molecule has 0 aliphatic carbocycles. The van der Waals surface area contributed by atoms with E-state index in [0.717, 1.165) is 19.4 Å². The van der Waals surface area contributed by atoms with Crippen LogP contribution >= 0.6 is 0 Å². The first-order chi connectivity index (χ1) is 7.58. The molecular formula is C12H21NO3. The average molecular weight is 227 g/mol. The third-order valence-electron chi connectivity index (χ3n) is 3.23. The van der Waals surface area contributed by atoms with Crippen LogP contribution in [0.4, 0.5) is 0 Å². The zero-order valence-electron chi connectivity index (χ0n) is 10.1. The zero-order chi connectivity index (χ0) is 12.1. The molecule has 1 aliphatic heterocycles. The molecule has 4 nitrogen and oxygen atoms in total. The number of carbonyl (C=O) groups excluding carboxylic acids is 2. The van der Waals surface area contributed by atoms with Gasteiger partial charge in [-0.05, 0) is 19.3 Å². The van der Waals surface area contributed by atoms with Crippen LogP contribution in [0.25, 0.3) is 0 Å². The molecule has 0 radical (unpaired) electrons. The van der Waals surface area contributed by atoms with E-state index < -0.39 is 5.92 Å². The number of amides is 1. The Morgan fingerprint density at radius 3 is 2.81 bits per heavy atom. The maximum Gasteiger partial charge on any atom is 0.222 e. The van der Waals surface area contributed by atoms with Gasteiger partial charge in [0.2, 0.25) is 5.91 Å². The Morgan fingerprint density at radius 1 is 1.62 bits per heavy atom.